The summed E-state index contributed by atoms with van der Waals surface area (Å²) in [5, 5.41) is 7.18. The van der Waals surface area contributed by atoms with Gasteiger partial charge in [-0.3, -0.25) is 4.79 Å². The van der Waals surface area contributed by atoms with Crippen LogP contribution in [0.3, 0.4) is 0 Å². The molecule has 1 aromatic rings. The fourth-order valence-electron chi connectivity index (χ4n) is 1.53. The number of aromatic nitrogens is 2. The van der Waals surface area contributed by atoms with Crippen molar-refractivity contribution in [2.45, 2.75) is 26.8 Å². The molecule has 0 saturated heterocycles. The molecular formula is C14H20ClN3O2. The van der Waals surface area contributed by atoms with Crippen LogP contribution in [0.15, 0.2) is 11.0 Å². The van der Waals surface area contributed by atoms with Crippen LogP contribution in [0.2, 0.25) is 5.02 Å². The fraction of sp³-hybridized carbons (Fsp3) is 0.571. The Kier molecular flexibility index (Phi) is 7.13. The number of nitrogens with one attached hydrogen (secondary N) is 1. The smallest absolute Gasteiger partial charge is 0.292 e. The molecule has 110 valence electrons. The first-order chi connectivity index (χ1) is 9.56. The van der Waals surface area contributed by atoms with Gasteiger partial charge in [-0.25, -0.2) is 4.68 Å². The summed E-state index contributed by atoms with van der Waals surface area (Å²) in [5.41, 5.74) is 0.0272. The second kappa shape index (κ2) is 8.62. The minimum atomic E-state index is -0.307. The van der Waals surface area contributed by atoms with Gasteiger partial charge in [0.25, 0.3) is 5.56 Å². The van der Waals surface area contributed by atoms with E-state index in [-0.39, 0.29) is 12.1 Å². The maximum Gasteiger partial charge on any atom is 0.292 e. The Morgan fingerprint density at radius 1 is 1.60 bits per heavy atom. The van der Waals surface area contributed by atoms with Crippen LogP contribution in [-0.2, 0) is 11.3 Å². The predicted molar refractivity (Wildman–Crippen MR) is 81.1 cm³/mol. The van der Waals surface area contributed by atoms with E-state index in [2.05, 4.69) is 30.2 Å². The number of terminal acetylenes is 1. The molecule has 0 unspecified atom stereocenters. The molecule has 0 aliphatic carbocycles. The van der Waals surface area contributed by atoms with Crippen molar-refractivity contribution in [1.82, 2.24) is 9.78 Å². The molecule has 0 atom stereocenters. The Labute approximate surface area is 124 Å². The standard InChI is InChI=1S/C14H20ClN3O2/c1-4-7-18-14(19)13(12(15)9-17-18)16-6-5-8-20-10-11(2)3/h1,9,11,16H,5-8,10H2,2-3H3. The molecule has 0 spiro atoms. The molecule has 1 heterocycles. The zero-order valence-corrected chi connectivity index (χ0v) is 12.6. The number of ether oxygens (including phenoxy) is 1. The topological polar surface area (TPSA) is 56.1 Å². The van der Waals surface area contributed by atoms with E-state index in [1.807, 2.05) is 0 Å². The first kappa shape index (κ1) is 16.5. The van der Waals surface area contributed by atoms with Crippen LogP contribution < -0.4 is 10.9 Å². The van der Waals surface area contributed by atoms with Gasteiger partial charge in [0.15, 0.2) is 0 Å². The molecule has 0 radical (unpaired) electrons. The SMILES string of the molecule is C#CCn1ncc(Cl)c(NCCCOCC(C)C)c1=O. The summed E-state index contributed by atoms with van der Waals surface area (Å²) in [6.45, 7) is 6.32. The molecule has 0 fully saturated rings. The lowest BCUT2D eigenvalue weighted by molar-refractivity contribution is 0.110. The molecule has 1 rings (SSSR count). The fourth-order valence-corrected chi connectivity index (χ4v) is 1.73. The Hall–Kier alpha value is -1.51. The summed E-state index contributed by atoms with van der Waals surface area (Å²) < 4.78 is 6.66. The van der Waals surface area contributed by atoms with Crippen molar-refractivity contribution in [2.75, 3.05) is 25.1 Å². The van der Waals surface area contributed by atoms with Crippen molar-refractivity contribution in [3.8, 4) is 12.3 Å². The van der Waals surface area contributed by atoms with Gasteiger partial charge in [0, 0.05) is 19.8 Å². The Balaban J connectivity index is 2.49. The molecule has 0 amide bonds. The molecule has 1 N–H and O–H groups in total. The predicted octanol–water partition coefficient (Wildman–Crippen LogP) is 2.00. The van der Waals surface area contributed by atoms with Crippen molar-refractivity contribution in [3.63, 3.8) is 0 Å². The lowest BCUT2D eigenvalue weighted by atomic mass is 10.2. The lowest BCUT2D eigenvalue weighted by Gasteiger charge is -2.10. The summed E-state index contributed by atoms with van der Waals surface area (Å²) >= 11 is 5.96. The second-order valence-electron chi connectivity index (χ2n) is 4.78. The van der Waals surface area contributed by atoms with Gasteiger partial charge in [-0.05, 0) is 12.3 Å². The van der Waals surface area contributed by atoms with Crippen LogP contribution in [0.25, 0.3) is 0 Å². The number of hydrogen-bond acceptors (Lipinski definition) is 4. The van der Waals surface area contributed by atoms with E-state index < -0.39 is 0 Å². The largest absolute Gasteiger partial charge is 0.381 e. The molecule has 0 aliphatic rings. The van der Waals surface area contributed by atoms with Gasteiger partial charge in [-0.2, -0.15) is 5.10 Å². The van der Waals surface area contributed by atoms with Crippen LogP contribution in [0, 0.1) is 18.3 Å². The van der Waals surface area contributed by atoms with Gasteiger partial charge in [0.1, 0.15) is 12.2 Å². The summed E-state index contributed by atoms with van der Waals surface area (Å²) in [6.07, 6.45) is 7.38. The molecule has 0 saturated carbocycles. The quantitative estimate of drug-likeness (QED) is 0.589. The van der Waals surface area contributed by atoms with E-state index in [9.17, 15) is 4.79 Å². The summed E-state index contributed by atoms with van der Waals surface area (Å²) in [6, 6.07) is 0. The Morgan fingerprint density at radius 3 is 3.00 bits per heavy atom. The van der Waals surface area contributed by atoms with Crippen molar-refractivity contribution < 1.29 is 4.74 Å². The van der Waals surface area contributed by atoms with Crippen LogP contribution in [0.5, 0.6) is 0 Å². The monoisotopic (exact) mass is 297 g/mol. The van der Waals surface area contributed by atoms with Gasteiger partial charge in [0.05, 0.1) is 11.2 Å². The average Bonchev–Trinajstić information content (AvgIpc) is 2.40. The highest BCUT2D eigenvalue weighted by Gasteiger charge is 2.08. The molecule has 0 aliphatic heterocycles. The highest BCUT2D eigenvalue weighted by atomic mass is 35.5. The molecular weight excluding hydrogens is 278 g/mol. The van der Waals surface area contributed by atoms with Gasteiger partial charge in [-0.1, -0.05) is 31.4 Å². The van der Waals surface area contributed by atoms with E-state index in [1.54, 1.807) is 0 Å². The van der Waals surface area contributed by atoms with E-state index in [0.717, 1.165) is 13.0 Å². The zero-order chi connectivity index (χ0) is 15.0. The molecule has 0 aromatic carbocycles. The van der Waals surface area contributed by atoms with Gasteiger partial charge in [-0.15, -0.1) is 6.42 Å². The van der Waals surface area contributed by atoms with Crippen LogP contribution >= 0.6 is 11.6 Å². The number of halogens is 1. The van der Waals surface area contributed by atoms with Gasteiger partial charge in [0.2, 0.25) is 0 Å². The molecule has 5 nitrogen and oxygen atoms in total. The molecule has 0 bridgehead atoms. The van der Waals surface area contributed by atoms with Crippen molar-refractivity contribution in [1.29, 1.82) is 0 Å². The van der Waals surface area contributed by atoms with Gasteiger partial charge < -0.3 is 10.1 Å². The van der Waals surface area contributed by atoms with E-state index in [1.165, 1.54) is 10.9 Å². The number of nitrogens with zero attached hydrogens (tertiary/aromatic N) is 2. The number of anilines is 1. The normalized spacial score (nSPS) is 10.6. The molecule has 1 aromatic heterocycles. The van der Waals surface area contributed by atoms with E-state index in [4.69, 9.17) is 22.8 Å². The summed E-state index contributed by atoms with van der Waals surface area (Å²) in [4.78, 5) is 12.0. The third kappa shape index (κ3) is 5.24. The van der Waals surface area contributed by atoms with Crippen LogP contribution in [0.4, 0.5) is 5.69 Å². The number of hydrogen-bond donors (Lipinski definition) is 1. The van der Waals surface area contributed by atoms with Crippen LogP contribution in [-0.4, -0.2) is 29.5 Å². The molecule has 6 heteroatoms. The Morgan fingerprint density at radius 2 is 2.35 bits per heavy atom. The van der Waals surface area contributed by atoms with E-state index in [0.29, 0.717) is 29.8 Å². The summed E-state index contributed by atoms with van der Waals surface area (Å²) in [5.74, 6) is 2.90. The lowest BCUT2D eigenvalue weighted by Crippen LogP contribution is -2.26. The zero-order valence-electron chi connectivity index (χ0n) is 11.9. The van der Waals surface area contributed by atoms with Gasteiger partial charge >= 0.3 is 0 Å². The average molecular weight is 298 g/mol. The van der Waals surface area contributed by atoms with Crippen molar-refractivity contribution in [2.24, 2.45) is 5.92 Å². The first-order valence-electron chi connectivity index (χ1n) is 6.57. The van der Waals surface area contributed by atoms with Crippen LogP contribution in [0.1, 0.15) is 20.3 Å². The minimum Gasteiger partial charge on any atom is -0.381 e. The molecule has 20 heavy (non-hydrogen) atoms. The minimum absolute atomic E-state index is 0.127. The third-order valence-corrected chi connectivity index (χ3v) is 2.74. The highest BCUT2D eigenvalue weighted by molar-refractivity contribution is 6.32. The Bertz CT molecular complexity index is 520. The van der Waals surface area contributed by atoms with Crippen molar-refractivity contribution >= 4 is 17.3 Å². The van der Waals surface area contributed by atoms with Crippen molar-refractivity contribution in [3.05, 3.63) is 21.6 Å². The summed E-state index contributed by atoms with van der Waals surface area (Å²) in [7, 11) is 0. The first-order valence-corrected chi connectivity index (χ1v) is 6.94. The third-order valence-electron chi connectivity index (χ3n) is 2.46. The maximum atomic E-state index is 12.0. The highest BCUT2D eigenvalue weighted by Crippen LogP contribution is 2.14. The van der Waals surface area contributed by atoms with E-state index >= 15 is 0 Å². The maximum absolute atomic E-state index is 12.0. The second-order valence-corrected chi connectivity index (χ2v) is 5.19. The number of rotatable bonds is 8.